The summed E-state index contributed by atoms with van der Waals surface area (Å²) in [7, 11) is -0.781. The van der Waals surface area contributed by atoms with Gasteiger partial charge in [0.05, 0.1) is 0 Å². The zero-order valence-electron chi connectivity index (χ0n) is 19.8. The molecular weight excluding hydrogens is 457 g/mol. The van der Waals surface area contributed by atoms with Gasteiger partial charge in [0.15, 0.2) is 6.10 Å². The summed E-state index contributed by atoms with van der Waals surface area (Å²) in [6.45, 7) is 0. The van der Waals surface area contributed by atoms with Crippen molar-refractivity contribution < 1.29 is 4.74 Å². The van der Waals surface area contributed by atoms with Crippen LogP contribution in [0, 0.1) is 0 Å². The molecular formula is C33H26NOP. The zero-order valence-corrected chi connectivity index (χ0v) is 20.7. The highest BCUT2D eigenvalue weighted by Crippen LogP contribution is 2.42. The van der Waals surface area contributed by atoms with E-state index in [1.54, 1.807) is 0 Å². The van der Waals surface area contributed by atoms with E-state index in [4.69, 9.17) is 9.73 Å². The molecule has 0 N–H and O–H groups in total. The van der Waals surface area contributed by atoms with Gasteiger partial charge in [-0.15, -0.1) is 0 Å². The third kappa shape index (κ3) is 4.49. The molecule has 1 heterocycles. The third-order valence-corrected chi connectivity index (χ3v) is 8.96. The summed E-state index contributed by atoms with van der Waals surface area (Å²) < 4.78 is 6.72. The van der Waals surface area contributed by atoms with Crippen LogP contribution in [-0.4, -0.2) is 5.90 Å². The molecule has 2 atom stereocenters. The van der Waals surface area contributed by atoms with Gasteiger partial charge >= 0.3 is 0 Å². The minimum atomic E-state index is -0.781. The molecule has 1 aliphatic heterocycles. The Hall–Kier alpha value is -4.00. The lowest BCUT2D eigenvalue weighted by Gasteiger charge is -2.22. The van der Waals surface area contributed by atoms with Crippen molar-refractivity contribution in [3.05, 3.63) is 162 Å². The molecule has 3 heteroatoms. The molecule has 0 saturated carbocycles. The molecule has 0 aromatic heterocycles. The fourth-order valence-electron chi connectivity index (χ4n) is 4.77. The number of hydrogen-bond donors (Lipinski definition) is 0. The highest BCUT2D eigenvalue weighted by molar-refractivity contribution is 7.80. The van der Waals surface area contributed by atoms with E-state index < -0.39 is 7.92 Å². The first-order valence-electron chi connectivity index (χ1n) is 12.2. The first-order chi connectivity index (χ1) is 17.9. The van der Waals surface area contributed by atoms with Crippen molar-refractivity contribution in [3.8, 4) is 0 Å². The second kappa shape index (κ2) is 10.3. The normalized spacial score (nSPS) is 17.0. The Bertz CT molecular complexity index is 1410. The summed E-state index contributed by atoms with van der Waals surface area (Å²) >= 11 is 0. The molecule has 0 unspecified atom stereocenters. The van der Waals surface area contributed by atoms with E-state index in [1.165, 1.54) is 15.9 Å². The maximum absolute atomic E-state index is 6.72. The summed E-state index contributed by atoms with van der Waals surface area (Å²) in [6, 6.07) is 51.0. The molecule has 0 fully saturated rings. The molecule has 0 aliphatic carbocycles. The number of aliphatic imine (C=N–C) groups is 1. The van der Waals surface area contributed by atoms with Gasteiger partial charge in [-0.3, -0.25) is 0 Å². The van der Waals surface area contributed by atoms with E-state index in [9.17, 15) is 0 Å². The first kappa shape index (κ1) is 22.5. The summed E-state index contributed by atoms with van der Waals surface area (Å²) in [5.41, 5.74) is 3.36. The largest absolute Gasteiger partial charge is 0.467 e. The van der Waals surface area contributed by atoms with E-state index in [-0.39, 0.29) is 12.1 Å². The fraction of sp³-hybridized carbons (Fsp3) is 0.0606. The quantitative estimate of drug-likeness (QED) is 0.246. The Labute approximate surface area is 213 Å². The minimum absolute atomic E-state index is 0.101. The van der Waals surface area contributed by atoms with Crippen LogP contribution in [0.25, 0.3) is 0 Å². The molecule has 6 rings (SSSR count). The third-order valence-electron chi connectivity index (χ3n) is 6.46. The molecule has 36 heavy (non-hydrogen) atoms. The van der Waals surface area contributed by atoms with Crippen LogP contribution < -0.4 is 15.9 Å². The Morgan fingerprint density at radius 2 is 0.972 bits per heavy atom. The van der Waals surface area contributed by atoms with Gasteiger partial charge in [-0.2, -0.15) is 0 Å². The molecule has 174 valence electrons. The second-order valence-corrected chi connectivity index (χ2v) is 10.9. The van der Waals surface area contributed by atoms with Crippen LogP contribution in [-0.2, 0) is 4.74 Å². The average molecular weight is 484 g/mol. The van der Waals surface area contributed by atoms with Crippen molar-refractivity contribution in [1.29, 1.82) is 0 Å². The molecule has 1 aliphatic rings. The smallest absolute Gasteiger partial charge is 0.218 e. The molecule has 0 radical (unpaired) electrons. The van der Waals surface area contributed by atoms with Crippen LogP contribution in [0.1, 0.15) is 28.8 Å². The highest BCUT2D eigenvalue weighted by Gasteiger charge is 2.35. The Morgan fingerprint density at radius 1 is 0.500 bits per heavy atom. The van der Waals surface area contributed by atoms with Crippen molar-refractivity contribution in [2.45, 2.75) is 12.1 Å². The maximum Gasteiger partial charge on any atom is 0.218 e. The summed E-state index contributed by atoms with van der Waals surface area (Å²) in [6.07, 6.45) is -0.170. The number of rotatable bonds is 6. The van der Waals surface area contributed by atoms with E-state index in [1.807, 2.05) is 12.1 Å². The van der Waals surface area contributed by atoms with Crippen molar-refractivity contribution in [3.63, 3.8) is 0 Å². The van der Waals surface area contributed by atoms with Crippen LogP contribution >= 0.6 is 7.92 Å². The molecule has 5 aromatic rings. The summed E-state index contributed by atoms with van der Waals surface area (Å²) in [5, 5.41) is 3.87. The molecule has 5 aromatic carbocycles. The number of hydrogen-bond acceptors (Lipinski definition) is 2. The maximum atomic E-state index is 6.72. The molecule has 0 spiro atoms. The van der Waals surface area contributed by atoms with Crippen LogP contribution in [0.2, 0.25) is 0 Å². The number of benzene rings is 5. The van der Waals surface area contributed by atoms with Crippen LogP contribution in [0.4, 0.5) is 0 Å². The lowest BCUT2D eigenvalue weighted by Crippen LogP contribution is -2.25. The number of ether oxygens (including phenoxy) is 1. The van der Waals surface area contributed by atoms with E-state index in [2.05, 4.69) is 133 Å². The van der Waals surface area contributed by atoms with Crippen molar-refractivity contribution in [2.24, 2.45) is 4.99 Å². The van der Waals surface area contributed by atoms with Gasteiger partial charge in [0.1, 0.15) is 6.04 Å². The van der Waals surface area contributed by atoms with Crippen LogP contribution in [0.15, 0.2) is 151 Å². The van der Waals surface area contributed by atoms with Crippen molar-refractivity contribution in [1.82, 2.24) is 0 Å². The summed E-state index contributed by atoms with van der Waals surface area (Å²) in [4.78, 5) is 5.22. The second-order valence-electron chi connectivity index (χ2n) is 8.76. The monoisotopic (exact) mass is 483 g/mol. The van der Waals surface area contributed by atoms with Gasteiger partial charge in [0.2, 0.25) is 5.90 Å². The highest BCUT2D eigenvalue weighted by atomic mass is 31.1. The van der Waals surface area contributed by atoms with Gasteiger partial charge in [-0.25, -0.2) is 4.99 Å². The van der Waals surface area contributed by atoms with E-state index in [0.717, 1.165) is 16.7 Å². The lowest BCUT2D eigenvalue weighted by molar-refractivity contribution is 0.197. The predicted molar refractivity (Wildman–Crippen MR) is 151 cm³/mol. The fourth-order valence-corrected chi connectivity index (χ4v) is 7.21. The lowest BCUT2D eigenvalue weighted by atomic mass is 9.97. The van der Waals surface area contributed by atoms with E-state index >= 15 is 0 Å². The van der Waals surface area contributed by atoms with Gasteiger partial charge in [0.25, 0.3) is 0 Å². The van der Waals surface area contributed by atoms with Crippen LogP contribution in [0.5, 0.6) is 0 Å². The van der Waals surface area contributed by atoms with Gasteiger partial charge < -0.3 is 4.74 Å². The number of nitrogens with zero attached hydrogens (tertiary/aromatic N) is 1. The molecule has 0 saturated heterocycles. The summed E-state index contributed by atoms with van der Waals surface area (Å²) in [5.74, 6) is 0.715. The SMILES string of the molecule is c1ccc([C@H]2OC(c3ccccc3P(c3ccccc3)c3ccccc3)=N[C@H]2c2ccccc2)cc1. The standard InChI is InChI=1S/C33H26NOP/c1-5-15-25(16-6-1)31-32(26-17-7-2-8-18-26)35-33(34-31)29-23-13-14-24-30(29)36(27-19-9-3-10-20-27)28-21-11-4-12-22-28/h1-24,31-32H/t31-,32+/m0/s1. The Balaban J connectivity index is 1.48. The van der Waals surface area contributed by atoms with Crippen LogP contribution in [0.3, 0.4) is 0 Å². The van der Waals surface area contributed by atoms with Gasteiger partial charge in [0, 0.05) is 5.56 Å². The Morgan fingerprint density at radius 3 is 1.56 bits per heavy atom. The molecule has 0 bridgehead atoms. The average Bonchev–Trinajstić information content (AvgIpc) is 3.41. The van der Waals surface area contributed by atoms with Gasteiger partial charge in [-0.05, 0) is 41.0 Å². The zero-order chi connectivity index (χ0) is 24.2. The topological polar surface area (TPSA) is 21.6 Å². The molecule has 2 nitrogen and oxygen atoms in total. The van der Waals surface area contributed by atoms with Crippen molar-refractivity contribution >= 4 is 29.7 Å². The van der Waals surface area contributed by atoms with Gasteiger partial charge in [-0.1, -0.05) is 140 Å². The minimum Gasteiger partial charge on any atom is -0.467 e. The predicted octanol–water partition coefficient (Wildman–Crippen LogP) is 6.70. The van der Waals surface area contributed by atoms with E-state index in [0.29, 0.717) is 5.90 Å². The van der Waals surface area contributed by atoms with Crippen molar-refractivity contribution in [2.75, 3.05) is 0 Å². The Kier molecular flexibility index (Phi) is 6.44. The first-order valence-corrected chi connectivity index (χ1v) is 13.6. The molecule has 0 amide bonds.